The molecular formula is C25H29ClN4O2. The van der Waals surface area contributed by atoms with Crippen molar-refractivity contribution in [3.8, 4) is 11.3 Å². The van der Waals surface area contributed by atoms with Crippen molar-refractivity contribution in [2.24, 2.45) is 0 Å². The second-order valence-corrected chi connectivity index (χ2v) is 8.84. The summed E-state index contributed by atoms with van der Waals surface area (Å²) in [6.07, 6.45) is 8.81. The van der Waals surface area contributed by atoms with Gasteiger partial charge in [0, 0.05) is 23.4 Å². The molecule has 1 aromatic heterocycles. The first-order valence-corrected chi connectivity index (χ1v) is 11.8. The molecule has 0 unspecified atom stereocenters. The van der Waals surface area contributed by atoms with E-state index in [1.807, 2.05) is 24.3 Å². The Morgan fingerprint density at radius 3 is 2.66 bits per heavy atom. The molecule has 32 heavy (non-hydrogen) atoms. The number of amides is 1. The van der Waals surface area contributed by atoms with Crippen LogP contribution in [0.5, 0.6) is 0 Å². The summed E-state index contributed by atoms with van der Waals surface area (Å²) >= 11 is 6.34. The van der Waals surface area contributed by atoms with Gasteiger partial charge in [-0.15, -0.1) is 0 Å². The molecule has 1 aliphatic carbocycles. The van der Waals surface area contributed by atoms with E-state index in [9.17, 15) is 9.59 Å². The van der Waals surface area contributed by atoms with Crippen LogP contribution in [0.2, 0.25) is 5.02 Å². The monoisotopic (exact) mass is 452 g/mol. The molecule has 0 radical (unpaired) electrons. The van der Waals surface area contributed by atoms with Gasteiger partial charge >= 0.3 is 0 Å². The minimum atomic E-state index is -0.232. The van der Waals surface area contributed by atoms with Crippen LogP contribution in [-0.2, 0) is 4.79 Å². The summed E-state index contributed by atoms with van der Waals surface area (Å²) in [5.74, 6) is -0.0546. The number of benzene rings is 2. The lowest BCUT2D eigenvalue weighted by molar-refractivity contribution is -0.116. The number of halogens is 1. The highest BCUT2D eigenvalue weighted by atomic mass is 35.5. The van der Waals surface area contributed by atoms with E-state index < -0.39 is 0 Å². The lowest BCUT2D eigenvalue weighted by Gasteiger charge is -2.22. The van der Waals surface area contributed by atoms with Crippen molar-refractivity contribution in [2.45, 2.75) is 57.4 Å². The number of fused-ring (bicyclic) bond motifs is 1. The Balaban J connectivity index is 1.36. The van der Waals surface area contributed by atoms with E-state index in [0.29, 0.717) is 34.3 Å². The van der Waals surface area contributed by atoms with Crippen molar-refractivity contribution in [3.63, 3.8) is 0 Å². The number of nitrogens with zero attached hydrogens (tertiary/aromatic N) is 1. The Morgan fingerprint density at radius 2 is 1.84 bits per heavy atom. The van der Waals surface area contributed by atoms with Gasteiger partial charge in [-0.25, -0.2) is 5.10 Å². The molecule has 1 aliphatic rings. The van der Waals surface area contributed by atoms with Crippen LogP contribution >= 0.6 is 11.6 Å². The van der Waals surface area contributed by atoms with Crippen molar-refractivity contribution in [3.05, 3.63) is 57.8 Å². The molecule has 0 spiro atoms. The first-order valence-electron chi connectivity index (χ1n) is 11.4. The topological polar surface area (TPSA) is 86.9 Å². The number of carbonyl (C=O) groups excluding carboxylic acids is 1. The largest absolute Gasteiger partial charge is 0.325 e. The number of carbonyl (C=O) groups is 1. The molecule has 0 bridgehead atoms. The molecule has 3 aromatic rings. The number of hydrogen-bond acceptors (Lipinski definition) is 4. The number of aromatic nitrogens is 2. The second-order valence-electron chi connectivity index (χ2n) is 8.44. The number of H-pyrrole nitrogens is 1. The molecule has 0 saturated heterocycles. The third kappa shape index (κ3) is 5.56. The standard InChI is InChI=1S/C25H29ClN4O2/c26-21-14-13-17(24-19-10-4-5-11-20(19)25(32)30-29-24)16-22(21)28-23(31)12-6-7-15-27-18-8-2-1-3-9-18/h4-5,10-11,13-14,16,18,27H,1-3,6-9,12,15H2,(H,28,31)(H,30,32). The highest BCUT2D eigenvalue weighted by Gasteiger charge is 2.13. The number of unbranched alkanes of at least 4 members (excludes halogenated alkanes) is 1. The molecule has 3 N–H and O–H groups in total. The summed E-state index contributed by atoms with van der Waals surface area (Å²) in [5, 5.41) is 15.1. The van der Waals surface area contributed by atoms with Gasteiger partial charge in [0.15, 0.2) is 0 Å². The zero-order chi connectivity index (χ0) is 22.3. The summed E-state index contributed by atoms with van der Waals surface area (Å²) in [7, 11) is 0. The number of nitrogens with one attached hydrogen (secondary N) is 3. The van der Waals surface area contributed by atoms with Gasteiger partial charge in [-0.05, 0) is 50.4 Å². The van der Waals surface area contributed by atoms with Crippen molar-refractivity contribution < 1.29 is 4.79 Å². The van der Waals surface area contributed by atoms with E-state index in [0.717, 1.165) is 30.3 Å². The summed E-state index contributed by atoms with van der Waals surface area (Å²) in [4.78, 5) is 24.5. The smallest absolute Gasteiger partial charge is 0.272 e. The van der Waals surface area contributed by atoms with E-state index in [1.165, 1.54) is 32.1 Å². The van der Waals surface area contributed by atoms with Crippen LogP contribution in [0.3, 0.4) is 0 Å². The highest BCUT2D eigenvalue weighted by Crippen LogP contribution is 2.30. The average Bonchev–Trinajstić information content (AvgIpc) is 2.81. The van der Waals surface area contributed by atoms with E-state index in [1.54, 1.807) is 18.2 Å². The first-order chi connectivity index (χ1) is 15.6. The van der Waals surface area contributed by atoms with E-state index >= 15 is 0 Å². The predicted octanol–water partition coefficient (Wildman–Crippen LogP) is 5.27. The molecule has 0 atom stereocenters. The molecule has 6 nitrogen and oxygen atoms in total. The fraction of sp³-hybridized carbons (Fsp3) is 0.400. The maximum absolute atomic E-state index is 12.5. The zero-order valence-corrected chi connectivity index (χ0v) is 18.9. The third-order valence-corrected chi connectivity index (χ3v) is 6.41. The first kappa shape index (κ1) is 22.5. The fourth-order valence-corrected chi connectivity index (χ4v) is 4.50. The Hall–Kier alpha value is -2.70. The molecule has 2 aromatic carbocycles. The SMILES string of the molecule is O=C(CCCCNC1CCCCC1)Nc1cc(-c2n[nH]c(=O)c3ccccc23)ccc1Cl. The molecule has 0 aliphatic heterocycles. The molecule has 1 saturated carbocycles. The number of anilines is 1. The second kappa shape index (κ2) is 10.7. The predicted molar refractivity (Wildman–Crippen MR) is 130 cm³/mol. The highest BCUT2D eigenvalue weighted by molar-refractivity contribution is 6.33. The summed E-state index contributed by atoms with van der Waals surface area (Å²) in [6, 6.07) is 13.3. The van der Waals surface area contributed by atoms with Gasteiger partial charge in [-0.2, -0.15) is 5.10 Å². The van der Waals surface area contributed by atoms with Gasteiger partial charge in [-0.1, -0.05) is 55.1 Å². The summed E-state index contributed by atoms with van der Waals surface area (Å²) in [6.45, 7) is 0.957. The summed E-state index contributed by atoms with van der Waals surface area (Å²) in [5.41, 5.74) is 1.73. The maximum Gasteiger partial charge on any atom is 0.272 e. The van der Waals surface area contributed by atoms with Crippen molar-refractivity contribution in [1.82, 2.24) is 15.5 Å². The Bertz CT molecular complexity index is 1140. The van der Waals surface area contributed by atoms with Gasteiger partial charge in [-0.3, -0.25) is 9.59 Å². The lowest BCUT2D eigenvalue weighted by Crippen LogP contribution is -2.31. The van der Waals surface area contributed by atoms with Crippen LogP contribution in [0.1, 0.15) is 51.4 Å². The minimum absolute atomic E-state index is 0.0546. The molecule has 168 valence electrons. The van der Waals surface area contributed by atoms with Gasteiger partial charge < -0.3 is 10.6 Å². The molecule has 1 fully saturated rings. The quantitative estimate of drug-likeness (QED) is 0.406. The van der Waals surface area contributed by atoms with E-state index in [-0.39, 0.29) is 11.5 Å². The van der Waals surface area contributed by atoms with Crippen molar-refractivity contribution >= 4 is 34.0 Å². The molecule has 7 heteroatoms. The molecular weight excluding hydrogens is 424 g/mol. The van der Waals surface area contributed by atoms with Gasteiger partial charge in [0.25, 0.3) is 5.56 Å². The van der Waals surface area contributed by atoms with Crippen LogP contribution < -0.4 is 16.2 Å². The normalized spacial score (nSPS) is 14.5. The van der Waals surface area contributed by atoms with Crippen molar-refractivity contribution in [2.75, 3.05) is 11.9 Å². The van der Waals surface area contributed by atoms with Crippen LogP contribution in [0.4, 0.5) is 5.69 Å². The third-order valence-electron chi connectivity index (χ3n) is 6.08. The lowest BCUT2D eigenvalue weighted by atomic mass is 9.95. The number of rotatable bonds is 8. The molecule has 1 heterocycles. The van der Waals surface area contributed by atoms with Crippen LogP contribution in [0.15, 0.2) is 47.3 Å². The van der Waals surface area contributed by atoms with Crippen LogP contribution in [0, 0.1) is 0 Å². The summed E-state index contributed by atoms with van der Waals surface area (Å²) < 4.78 is 0. The number of aromatic amines is 1. The van der Waals surface area contributed by atoms with Gasteiger partial charge in [0.2, 0.25) is 5.91 Å². The van der Waals surface area contributed by atoms with Gasteiger partial charge in [0.05, 0.1) is 21.8 Å². The average molecular weight is 453 g/mol. The Labute approximate surface area is 192 Å². The van der Waals surface area contributed by atoms with Crippen LogP contribution in [-0.4, -0.2) is 28.7 Å². The maximum atomic E-state index is 12.5. The van der Waals surface area contributed by atoms with Crippen LogP contribution in [0.25, 0.3) is 22.0 Å². The Kier molecular flexibility index (Phi) is 7.55. The minimum Gasteiger partial charge on any atom is -0.325 e. The van der Waals surface area contributed by atoms with E-state index in [2.05, 4.69) is 20.8 Å². The fourth-order valence-electron chi connectivity index (χ4n) is 4.34. The molecule has 1 amide bonds. The van der Waals surface area contributed by atoms with Crippen molar-refractivity contribution in [1.29, 1.82) is 0 Å². The van der Waals surface area contributed by atoms with E-state index in [4.69, 9.17) is 11.6 Å². The van der Waals surface area contributed by atoms with Gasteiger partial charge in [0.1, 0.15) is 0 Å². The number of hydrogen-bond donors (Lipinski definition) is 3. The zero-order valence-electron chi connectivity index (χ0n) is 18.1. The molecule has 4 rings (SSSR count). The Morgan fingerprint density at radius 1 is 1.06 bits per heavy atom.